The van der Waals surface area contributed by atoms with Crippen molar-refractivity contribution in [2.24, 2.45) is 0 Å². The number of halogens is 2. The van der Waals surface area contributed by atoms with Gasteiger partial charge in [0, 0.05) is 6.20 Å². The van der Waals surface area contributed by atoms with Crippen LogP contribution in [-0.2, 0) is 14.3 Å². The van der Waals surface area contributed by atoms with Crippen LogP contribution >= 0.6 is 23.2 Å². The molecule has 0 spiro atoms. The van der Waals surface area contributed by atoms with Crippen LogP contribution in [0.5, 0.6) is 5.75 Å². The number of hydrogen-bond acceptors (Lipinski definition) is 6. The molecule has 1 heterocycles. The number of nitriles is 1. The number of benzene rings is 1. The van der Waals surface area contributed by atoms with Gasteiger partial charge in [0.05, 0.1) is 17.2 Å². The molecule has 0 radical (unpaired) electrons. The van der Waals surface area contributed by atoms with Gasteiger partial charge in [0.15, 0.2) is 11.9 Å². The highest BCUT2D eigenvalue weighted by Crippen LogP contribution is 2.22. The largest absolute Gasteiger partial charge is 0.497 e. The van der Waals surface area contributed by atoms with Gasteiger partial charge in [0.1, 0.15) is 17.4 Å². The number of hydrogen-bond donors (Lipinski definition) is 1. The zero-order valence-corrected chi connectivity index (χ0v) is 16.4. The van der Waals surface area contributed by atoms with Gasteiger partial charge >= 0.3 is 5.97 Å². The number of rotatable bonds is 6. The molecule has 1 N–H and O–H groups in total. The Bertz CT molecular complexity index is 953. The van der Waals surface area contributed by atoms with Crippen LogP contribution in [0.2, 0.25) is 10.0 Å². The van der Waals surface area contributed by atoms with E-state index in [4.69, 9.17) is 32.7 Å². The van der Waals surface area contributed by atoms with Crippen molar-refractivity contribution in [1.82, 2.24) is 4.98 Å². The molecule has 28 heavy (non-hydrogen) atoms. The van der Waals surface area contributed by atoms with Gasteiger partial charge in [-0.15, -0.1) is 0 Å². The third-order valence-corrected chi connectivity index (χ3v) is 3.96. The van der Waals surface area contributed by atoms with Crippen molar-refractivity contribution < 1.29 is 19.1 Å². The molecule has 144 valence electrons. The van der Waals surface area contributed by atoms with E-state index in [1.54, 1.807) is 30.3 Å². The van der Waals surface area contributed by atoms with E-state index >= 15 is 0 Å². The van der Waals surface area contributed by atoms with E-state index in [0.29, 0.717) is 16.3 Å². The normalized spacial score (nSPS) is 11.9. The molecule has 0 aliphatic carbocycles. The summed E-state index contributed by atoms with van der Waals surface area (Å²) in [5.41, 5.74) is 0.344. The number of carbonyl (C=O) groups excluding carboxylic acids is 2. The monoisotopic (exact) mass is 419 g/mol. The minimum atomic E-state index is -1.19. The smallest absolute Gasteiger partial charge is 0.349 e. The molecule has 0 saturated carbocycles. The van der Waals surface area contributed by atoms with E-state index in [9.17, 15) is 14.9 Å². The molecule has 0 saturated heterocycles. The fourth-order valence-corrected chi connectivity index (χ4v) is 2.43. The number of methoxy groups -OCH3 is 1. The molecule has 0 unspecified atom stereocenters. The molecule has 9 heteroatoms. The van der Waals surface area contributed by atoms with E-state index in [1.165, 1.54) is 32.4 Å². The van der Waals surface area contributed by atoms with Gasteiger partial charge in [-0.1, -0.05) is 35.3 Å². The van der Waals surface area contributed by atoms with Crippen LogP contribution in [0, 0.1) is 11.3 Å². The van der Waals surface area contributed by atoms with Crippen molar-refractivity contribution >= 4 is 47.0 Å². The van der Waals surface area contributed by atoms with Gasteiger partial charge in [0.2, 0.25) is 0 Å². The predicted octanol–water partition coefficient (Wildman–Crippen LogP) is 3.87. The first-order chi connectivity index (χ1) is 13.3. The lowest BCUT2D eigenvalue weighted by Gasteiger charge is -2.13. The average molecular weight is 420 g/mol. The lowest BCUT2D eigenvalue weighted by Crippen LogP contribution is -2.30. The maximum absolute atomic E-state index is 12.2. The number of esters is 1. The van der Waals surface area contributed by atoms with E-state index < -0.39 is 18.0 Å². The molecule has 0 fully saturated rings. The fraction of sp³-hybridized carbons (Fsp3) is 0.158. The Kier molecular flexibility index (Phi) is 7.38. The number of aromatic nitrogens is 1. The number of carbonyl (C=O) groups is 2. The van der Waals surface area contributed by atoms with Gasteiger partial charge in [-0.3, -0.25) is 4.79 Å². The molecule has 7 nitrogen and oxygen atoms in total. The highest BCUT2D eigenvalue weighted by Gasteiger charge is 2.21. The van der Waals surface area contributed by atoms with Gasteiger partial charge in [-0.05, 0) is 36.8 Å². The summed E-state index contributed by atoms with van der Waals surface area (Å²) in [6.45, 7) is 1.36. The van der Waals surface area contributed by atoms with Gasteiger partial charge in [-0.2, -0.15) is 5.26 Å². The molecule has 0 aliphatic heterocycles. The first kappa shape index (κ1) is 21.2. The number of pyridine rings is 1. The van der Waals surface area contributed by atoms with Crippen LogP contribution in [0.25, 0.3) is 6.08 Å². The zero-order valence-electron chi connectivity index (χ0n) is 14.9. The minimum Gasteiger partial charge on any atom is -0.497 e. The summed E-state index contributed by atoms with van der Waals surface area (Å²) in [5.74, 6) is -0.880. The fourth-order valence-electron chi connectivity index (χ4n) is 2.01. The second kappa shape index (κ2) is 9.74. The molecule has 1 amide bonds. The SMILES string of the molecule is COc1ccc(/C=C(\C#N)C(=O)O[C@H](C)C(=O)Nc2ncc(Cl)cc2Cl)cc1. The molecule has 2 rings (SSSR count). The lowest BCUT2D eigenvalue weighted by atomic mass is 10.1. The number of ether oxygens (including phenoxy) is 2. The summed E-state index contributed by atoms with van der Waals surface area (Å²) in [7, 11) is 1.53. The van der Waals surface area contributed by atoms with Crippen LogP contribution in [-0.4, -0.2) is 30.1 Å². The van der Waals surface area contributed by atoms with Crippen LogP contribution in [0.4, 0.5) is 5.82 Å². The Morgan fingerprint density at radius 2 is 1.96 bits per heavy atom. The molecule has 2 aromatic rings. The summed E-state index contributed by atoms with van der Waals surface area (Å²) in [6.07, 6.45) is 1.48. The summed E-state index contributed by atoms with van der Waals surface area (Å²) < 4.78 is 10.1. The standard InChI is InChI=1S/C19H15Cl2N3O4/c1-11(18(25)24-17-16(21)8-14(20)10-23-17)28-19(26)13(9-22)7-12-3-5-15(27-2)6-4-12/h3-8,10-11H,1-2H3,(H,23,24,25)/b13-7+/t11-/m1/s1. The van der Waals surface area contributed by atoms with Crippen LogP contribution < -0.4 is 10.1 Å². The molecule has 1 aromatic carbocycles. The average Bonchev–Trinajstić information content (AvgIpc) is 2.68. The number of anilines is 1. The van der Waals surface area contributed by atoms with Crippen LogP contribution in [0.3, 0.4) is 0 Å². The molecule has 0 aliphatic rings. The minimum absolute atomic E-state index is 0.0771. The molecular weight excluding hydrogens is 405 g/mol. The Labute approximate surface area is 171 Å². The number of nitrogens with one attached hydrogen (secondary N) is 1. The van der Waals surface area contributed by atoms with Crippen molar-refractivity contribution in [3.05, 3.63) is 57.7 Å². The second-order valence-electron chi connectivity index (χ2n) is 5.46. The van der Waals surface area contributed by atoms with Crippen LogP contribution in [0.1, 0.15) is 12.5 Å². The van der Waals surface area contributed by atoms with Crippen molar-refractivity contribution in [2.45, 2.75) is 13.0 Å². The lowest BCUT2D eigenvalue weighted by molar-refractivity contribution is -0.148. The van der Waals surface area contributed by atoms with E-state index in [-0.39, 0.29) is 16.4 Å². The zero-order chi connectivity index (χ0) is 20.7. The molecule has 0 bridgehead atoms. The summed E-state index contributed by atoms with van der Waals surface area (Å²) >= 11 is 11.7. The summed E-state index contributed by atoms with van der Waals surface area (Å²) in [4.78, 5) is 28.3. The third kappa shape index (κ3) is 5.71. The summed E-state index contributed by atoms with van der Waals surface area (Å²) in [5, 5.41) is 12.1. The number of amides is 1. The van der Waals surface area contributed by atoms with E-state index in [0.717, 1.165) is 0 Å². The predicted molar refractivity (Wildman–Crippen MR) is 105 cm³/mol. The molecule has 1 atom stereocenters. The quantitative estimate of drug-likeness (QED) is 0.433. The Morgan fingerprint density at radius 1 is 1.29 bits per heavy atom. The first-order valence-corrected chi connectivity index (χ1v) is 8.68. The Balaban J connectivity index is 2.05. The van der Waals surface area contributed by atoms with Crippen molar-refractivity contribution in [1.29, 1.82) is 5.26 Å². The van der Waals surface area contributed by atoms with Gasteiger partial charge < -0.3 is 14.8 Å². The topological polar surface area (TPSA) is 101 Å². The maximum Gasteiger partial charge on any atom is 0.349 e. The van der Waals surface area contributed by atoms with E-state index in [2.05, 4.69) is 10.3 Å². The van der Waals surface area contributed by atoms with Crippen molar-refractivity contribution in [3.63, 3.8) is 0 Å². The van der Waals surface area contributed by atoms with Gasteiger partial charge in [-0.25, -0.2) is 9.78 Å². The van der Waals surface area contributed by atoms with E-state index in [1.807, 2.05) is 0 Å². The second-order valence-corrected chi connectivity index (χ2v) is 6.31. The van der Waals surface area contributed by atoms with Crippen molar-refractivity contribution in [2.75, 3.05) is 12.4 Å². The Hall–Kier alpha value is -3.08. The first-order valence-electron chi connectivity index (χ1n) is 7.92. The van der Waals surface area contributed by atoms with Crippen LogP contribution in [0.15, 0.2) is 42.1 Å². The summed E-state index contributed by atoms with van der Waals surface area (Å²) in [6, 6.07) is 9.89. The van der Waals surface area contributed by atoms with Gasteiger partial charge in [0.25, 0.3) is 5.91 Å². The highest BCUT2D eigenvalue weighted by atomic mass is 35.5. The number of nitrogens with zero attached hydrogens (tertiary/aromatic N) is 2. The Morgan fingerprint density at radius 3 is 2.54 bits per heavy atom. The maximum atomic E-state index is 12.2. The van der Waals surface area contributed by atoms with Crippen molar-refractivity contribution in [3.8, 4) is 11.8 Å². The molecular formula is C19H15Cl2N3O4. The third-order valence-electron chi connectivity index (χ3n) is 3.47. The molecule has 1 aromatic heterocycles. The highest BCUT2D eigenvalue weighted by molar-refractivity contribution is 6.36.